The summed E-state index contributed by atoms with van der Waals surface area (Å²) in [5.74, 6) is 1.83. The number of methoxy groups -OCH3 is 1. The third-order valence-electron chi connectivity index (χ3n) is 3.88. The number of rotatable bonds is 3. The molecule has 0 fully saturated rings. The molecule has 6 nitrogen and oxygen atoms in total. The van der Waals surface area contributed by atoms with Crippen LogP contribution < -0.4 is 18.9 Å². The molecule has 1 aromatic heterocycles. The largest absolute Gasteiger partial charge is 0.497 e. The minimum atomic E-state index is -0.568. The molecule has 6 heteroatoms. The van der Waals surface area contributed by atoms with E-state index in [2.05, 4.69) is 0 Å². The number of esters is 1. The minimum absolute atomic E-state index is 0.163. The van der Waals surface area contributed by atoms with Crippen molar-refractivity contribution in [3.05, 3.63) is 47.7 Å². The third kappa shape index (κ3) is 2.32. The number of carbonyl (C=O) groups excluding carboxylic acids is 1. The van der Waals surface area contributed by atoms with Crippen LogP contribution in [0.3, 0.4) is 0 Å². The summed E-state index contributed by atoms with van der Waals surface area (Å²) in [7, 11) is 1.59. The van der Waals surface area contributed by atoms with Gasteiger partial charge in [0.25, 0.3) is 0 Å². The van der Waals surface area contributed by atoms with Gasteiger partial charge < -0.3 is 23.4 Å². The van der Waals surface area contributed by atoms with E-state index in [-0.39, 0.29) is 12.6 Å². The SMILES string of the molecule is COc1ccc2oc(C(=O)Oc3ccc4c(c3)OCO4)c(C)c2c1. The molecule has 3 aromatic rings. The van der Waals surface area contributed by atoms with Crippen molar-refractivity contribution in [2.45, 2.75) is 6.92 Å². The van der Waals surface area contributed by atoms with Gasteiger partial charge in [-0.25, -0.2) is 4.79 Å². The average molecular weight is 326 g/mol. The molecule has 0 aliphatic carbocycles. The lowest BCUT2D eigenvalue weighted by Crippen LogP contribution is -2.08. The Morgan fingerprint density at radius 2 is 1.83 bits per heavy atom. The maximum Gasteiger partial charge on any atom is 0.379 e. The van der Waals surface area contributed by atoms with Gasteiger partial charge in [0.1, 0.15) is 17.1 Å². The molecule has 1 aliphatic rings. The average Bonchev–Trinajstić information content (AvgIpc) is 3.18. The van der Waals surface area contributed by atoms with Gasteiger partial charge in [-0.2, -0.15) is 0 Å². The number of fused-ring (bicyclic) bond motifs is 2. The summed E-state index contributed by atoms with van der Waals surface area (Å²) in [4.78, 5) is 12.4. The Hall–Kier alpha value is -3.15. The van der Waals surface area contributed by atoms with Crippen molar-refractivity contribution in [3.8, 4) is 23.0 Å². The highest BCUT2D eigenvalue weighted by Gasteiger charge is 2.21. The van der Waals surface area contributed by atoms with Gasteiger partial charge in [-0.15, -0.1) is 0 Å². The lowest BCUT2D eigenvalue weighted by molar-refractivity contribution is 0.0702. The van der Waals surface area contributed by atoms with Gasteiger partial charge in [0.05, 0.1) is 7.11 Å². The molecule has 0 saturated carbocycles. The summed E-state index contributed by atoms with van der Waals surface area (Å²) >= 11 is 0. The van der Waals surface area contributed by atoms with Crippen LogP contribution in [0, 0.1) is 6.92 Å². The van der Waals surface area contributed by atoms with Gasteiger partial charge >= 0.3 is 5.97 Å². The summed E-state index contributed by atoms with van der Waals surface area (Å²) < 4.78 is 26.7. The number of ether oxygens (including phenoxy) is 4. The highest BCUT2D eigenvalue weighted by Crippen LogP contribution is 2.36. The summed E-state index contributed by atoms with van der Waals surface area (Å²) in [5, 5.41) is 0.812. The first-order valence-corrected chi connectivity index (χ1v) is 7.34. The molecule has 0 N–H and O–H groups in total. The van der Waals surface area contributed by atoms with Crippen LogP contribution in [0.4, 0.5) is 0 Å². The lowest BCUT2D eigenvalue weighted by atomic mass is 10.1. The number of hydrogen-bond donors (Lipinski definition) is 0. The molecule has 2 aromatic carbocycles. The van der Waals surface area contributed by atoms with Crippen molar-refractivity contribution in [2.24, 2.45) is 0 Å². The molecule has 2 heterocycles. The molecule has 122 valence electrons. The molecular weight excluding hydrogens is 312 g/mol. The zero-order valence-electron chi connectivity index (χ0n) is 13.1. The normalized spacial score (nSPS) is 12.4. The fourth-order valence-corrected chi connectivity index (χ4v) is 2.62. The number of hydrogen-bond acceptors (Lipinski definition) is 6. The van der Waals surface area contributed by atoms with Gasteiger partial charge in [-0.1, -0.05) is 0 Å². The standard InChI is InChI=1S/C18H14O6/c1-10-13-7-11(20-2)3-5-14(13)24-17(10)18(19)23-12-4-6-15-16(8-12)22-9-21-15/h3-8H,9H2,1-2H3. The number of furan rings is 1. The van der Waals surface area contributed by atoms with E-state index < -0.39 is 5.97 Å². The first-order valence-electron chi connectivity index (χ1n) is 7.34. The zero-order valence-corrected chi connectivity index (χ0v) is 13.1. The molecule has 0 bridgehead atoms. The van der Waals surface area contributed by atoms with Gasteiger partial charge in [0.2, 0.25) is 12.6 Å². The molecule has 0 spiro atoms. The molecular formula is C18H14O6. The van der Waals surface area contributed by atoms with Crippen LogP contribution in [0.2, 0.25) is 0 Å². The molecule has 0 amide bonds. The second-order valence-corrected chi connectivity index (χ2v) is 5.32. The van der Waals surface area contributed by atoms with Crippen LogP contribution in [0.15, 0.2) is 40.8 Å². The van der Waals surface area contributed by atoms with Crippen molar-refractivity contribution < 1.29 is 28.2 Å². The second kappa shape index (κ2) is 5.49. The van der Waals surface area contributed by atoms with E-state index in [4.69, 9.17) is 23.4 Å². The van der Waals surface area contributed by atoms with E-state index >= 15 is 0 Å². The molecule has 1 aliphatic heterocycles. The molecule has 0 saturated heterocycles. The van der Waals surface area contributed by atoms with Crippen LogP contribution >= 0.6 is 0 Å². The van der Waals surface area contributed by atoms with Crippen molar-refractivity contribution >= 4 is 16.9 Å². The Morgan fingerprint density at radius 3 is 2.67 bits per heavy atom. The van der Waals surface area contributed by atoms with Crippen molar-refractivity contribution in [1.29, 1.82) is 0 Å². The van der Waals surface area contributed by atoms with E-state index in [9.17, 15) is 4.79 Å². The summed E-state index contributed by atoms with van der Waals surface area (Å²) in [5.41, 5.74) is 1.31. The van der Waals surface area contributed by atoms with Crippen LogP contribution in [0.1, 0.15) is 16.1 Å². The topological polar surface area (TPSA) is 67.1 Å². The second-order valence-electron chi connectivity index (χ2n) is 5.32. The van der Waals surface area contributed by atoms with Gasteiger partial charge in [0, 0.05) is 17.0 Å². The van der Waals surface area contributed by atoms with Gasteiger partial charge in [-0.05, 0) is 37.3 Å². The first-order chi connectivity index (χ1) is 11.7. The highest BCUT2D eigenvalue weighted by molar-refractivity contribution is 5.97. The van der Waals surface area contributed by atoms with Crippen molar-refractivity contribution in [1.82, 2.24) is 0 Å². The number of carbonyl (C=O) groups is 1. The fourth-order valence-electron chi connectivity index (χ4n) is 2.62. The minimum Gasteiger partial charge on any atom is -0.497 e. The molecule has 0 radical (unpaired) electrons. The van der Waals surface area contributed by atoms with Crippen LogP contribution in [0.5, 0.6) is 23.0 Å². The first kappa shape index (κ1) is 14.4. The number of benzene rings is 2. The van der Waals surface area contributed by atoms with Crippen LogP contribution in [-0.2, 0) is 0 Å². The predicted molar refractivity (Wildman–Crippen MR) is 85.0 cm³/mol. The molecule has 4 rings (SSSR count). The summed E-state index contributed by atoms with van der Waals surface area (Å²) in [6, 6.07) is 10.3. The van der Waals surface area contributed by atoms with Crippen molar-refractivity contribution in [3.63, 3.8) is 0 Å². The van der Waals surface area contributed by atoms with Gasteiger partial charge in [0.15, 0.2) is 11.5 Å². The summed E-state index contributed by atoms with van der Waals surface area (Å²) in [6.45, 7) is 1.97. The Labute approximate surface area is 137 Å². The maximum absolute atomic E-state index is 12.4. The van der Waals surface area contributed by atoms with Crippen molar-refractivity contribution in [2.75, 3.05) is 13.9 Å². The molecule has 0 atom stereocenters. The molecule has 0 unspecified atom stereocenters. The Bertz CT molecular complexity index is 940. The van der Waals surface area contributed by atoms with E-state index in [0.29, 0.717) is 34.1 Å². The Morgan fingerprint density at radius 1 is 1.04 bits per heavy atom. The van der Waals surface area contributed by atoms with E-state index in [1.807, 2.05) is 13.0 Å². The smallest absolute Gasteiger partial charge is 0.379 e. The number of aryl methyl sites for hydroxylation is 1. The van der Waals surface area contributed by atoms with Crippen LogP contribution in [-0.4, -0.2) is 19.9 Å². The third-order valence-corrected chi connectivity index (χ3v) is 3.88. The van der Waals surface area contributed by atoms with Crippen LogP contribution in [0.25, 0.3) is 11.0 Å². The fraction of sp³-hybridized carbons (Fsp3) is 0.167. The van der Waals surface area contributed by atoms with E-state index in [0.717, 1.165) is 5.39 Å². The molecule has 24 heavy (non-hydrogen) atoms. The monoisotopic (exact) mass is 326 g/mol. The maximum atomic E-state index is 12.4. The quantitative estimate of drug-likeness (QED) is 0.540. The predicted octanol–water partition coefficient (Wildman–Crippen LogP) is 3.70. The van der Waals surface area contributed by atoms with E-state index in [1.54, 1.807) is 37.4 Å². The Balaban J connectivity index is 1.64. The Kier molecular flexibility index (Phi) is 3.30. The highest BCUT2D eigenvalue weighted by atomic mass is 16.7. The zero-order chi connectivity index (χ0) is 16.7. The van der Waals surface area contributed by atoms with Gasteiger partial charge in [-0.3, -0.25) is 0 Å². The summed E-state index contributed by atoms with van der Waals surface area (Å²) in [6.07, 6.45) is 0. The van der Waals surface area contributed by atoms with E-state index in [1.165, 1.54) is 0 Å². The lowest BCUT2D eigenvalue weighted by Gasteiger charge is -2.04.